The first-order valence-electron chi connectivity index (χ1n) is 9.74. The average molecular weight is 448 g/mol. The van der Waals surface area contributed by atoms with Crippen molar-refractivity contribution in [3.8, 4) is 0 Å². The summed E-state index contributed by atoms with van der Waals surface area (Å²) in [5.41, 5.74) is 2.15. The summed E-state index contributed by atoms with van der Waals surface area (Å²) in [5, 5.41) is 12.6. The Morgan fingerprint density at radius 3 is 2.70 bits per heavy atom. The summed E-state index contributed by atoms with van der Waals surface area (Å²) in [6.45, 7) is 3.21. The SMILES string of the molecule is COCCN(C)C(=N)c1ccc(C2=NOC(C)(CCC(=O)c3ccc(Cl)s3)C2)cc1. The van der Waals surface area contributed by atoms with Gasteiger partial charge >= 0.3 is 0 Å². The number of likely N-dealkylation sites (N-methyl/N-ethyl adjacent to an activating group) is 1. The van der Waals surface area contributed by atoms with E-state index in [1.807, 2.05) is 43.1 Å². The van der Waals surface area contributed by atoms with E-state index in [-0.39, 0.29) is 5.78 Å². The first kappa shape index (κ1) is 22.5. The molecule has 2 heterocycles. The van der Waals surface area contributed by atoms with Gasteiger partial charge in [0.1, 0.15) is 11.4 Å². The van der Waals surface area contributed by atoms with Gasteiger partial charge in [0.25, 0.3) is 0 Å². The molecule has 0 bridgehead atoms. The molecule has 0 spiro atoms. The van der Waals surface area contributed by atoms with Gasteiger partial charge in [-0.2, -0.15) is 0 Å². The van der Waals surface area contributed by atoms with Crippen molar-refractivity contribution < 1.29 is 14.4 Å². The highest BCUT2D eigenvalue weighted by atomic mass is 35.5. The van der Waals surface area contributed by atoms with Crippen molar-refractivity contribution in [1.29, 1.82) is 5.41 Å². The number of amidine groups is 1. The van der Waals surface area contributed by atoms with Crippen molar-refractivity contribution >= 4 is 40.3 Å². The van der Waals surface area contributed by atoms with Crippen molar-refractivity contribution in [1.82, 2.24) is 4.90 Å². The number of Topliss-reactive ketones (excluding diaryl/α,β-unsaturated/α-hetero) is 1. The Morgan fingerprint density at radius 2 is 2.07 bits per heavy atom. The fraction of sp³-hybridized carbons (Fsp3) is 0.409. The highest BCUT2D eigenvalue weighted by Gasteiger charge is 2.35. The number of carbonyl (C=O) groups is 1. The van der Waals surface area contributed by atoms with E-state index in [4.69, 9.17) is 26.6 Å². The lowest BCUT2D eigenvalue weighted by molar-refractivity contribution is -0.0103. The van der Waals surface area contributed by atoms with Gasteiger partial charge in [-0.1, -0.05) is 41.0 Å². The predicted molar refractivity (Wildman–Crippen MR) is 121 cm³/mol. The zero-order valence-electron chi connectivity index (χ0n) is 17.4. The van der Waals surface area contributed by atoms with Crippen molar-refractivity contribution in [2.24, 2.45) is 5.16 Å². The van der Waals surface area contributed by atoms with Crippen LogP contribution in [0.15, 0.2) is 41.6 Å². The third-order valence-corrected chi connectivity index (χ3v) is 6.42. The van der Waals surface area contributed by atoms with Crippen LogP contribution in [0, 0.1) is 5.41 Å². The normalized spacial score (nSPS) is 18.1. The van der Waals surface area contributed by atoms with E-state index in [1.165, 1.54) is 11.3 Å². The van der Waals surface area contributed by atoms with Gasteiger partial charge in [-0.05, 0) is 31.0 Å². The zero-order chi connectivity index (χ0) is 21.7. The molecule has 0 saturated heterocycles. The number of nitrogens with one attached hydrogen (secondary N) is 1. The minimum absolute atomic E-state index is 0.0747. The van der Waals surface area contributed by atoms with Crippen LogP contribution < -0.4 is 0 Å². The smallest absolute Gasteiger partial charge is 0.172 e. The van der Waals surface area contributed by atoms with Crippen LogP contribution in [-0.4, -0.2) is 55.1 Å². The molecule has 1 unspecified atom stereocenters. The largest absolute Gasteiger partial charge is 0.389 e. The Balaban J connectivity index is 1.56. The number of methoxy groups -OCH3 is 1. The van der Waals surface area contributed by atoms with Crippen LogP contribution in [0.25, 0.3) is 0 Å². The fourth-order valence-electron chi connectivity index (χ4n) is 3.22. The number of halogens is 1. The molecule has 0 radical (unpaired) electrons. The van der Waals surface area contributed by atoms with Crippen LogP contribution in [0.1, 0.15) is 47.0 Å². The van der Waals surface area contributed by atoms with E-state index >= 15 is 0 Å². The molecule has 0 fully saturated rings. The maximum absolute atomic E-state index is 12.4. The number of ketones is 1. The summed E-state index contributed by atoms with van der Waals surface area (Å²) in [4.78, 5) is 20.6. The average Bonchev–Trinajstić information content (AvgIpc) is 3.36. The highest BCUT2D eigenvalue weighted by Crippen LogP contribution is 2.32. The number of thiophene rings is 1. The summed E-state index contributed by atoms with van der Waals surface area (Å²) in [5.74, 6) is 0.519. The molecule has 1 aromatic heterocycles. The van der Waals surface area contributed by atoms with Gasteiger partial charge in [0.05, 0.1) is 21.5 Å². The van der Waals surface area contributed by atoms with Crippen LogP contribution in [0.5, 0.6) is 0 Å². The van der Waals surface area contributed by atoms with Crippen molar-refractivity contribution in [2.75, 3.05) is 27.3 Å². The van der Waals surface area contributed by atoms with Crippen LogP contribution in [0.3, 0.4) is 0 Å². The first-order chi connectivity index (χ1) is 14.3. The Labute approximate surface area is 185 Å². The first-order valence-corrected chi connectivity index (χ1v) is 10.9. The predicted octanol–water partition coefficient (Wildman–Crippen LogP) is 4.85. The van der Waals surface area contributed by atoms with E-state index in [2.05, 4.69) is 5.16 Å². The maximum Gasteiger partial charge on any atom is 0.172 e. The van der Waals surface area contributed by atoms with Crippen molar-refractivity contribution in [3.63, 3.8) is 0 Å². The zero-order valence-corrected chi connectivity index (χ0v) is 19.0. The lowest BCUT2D eigenvalue weighted by Gasteiger charge is -2.21. The van der Waals surface area contributed by atoms with Crippen LogP contribution >= 0.6 is 22.9 Å². The van der Waals surface area contributed by atoms with Crippen molar-refractivity contribution in [2.45, 2.75) is 31.8 Å². The second-order valence-electron chi connectivity index (χ2n) is 7.62. The lowest BCUT2D eigenvalue weighted by atomic mass is 9.90. The molecular weight excluding hydrogens is 422 g/mol. The molecule has 30 heavy (non-hydrogen) atoms. The Morgan fingerprint density at radius 1 is 1.33 bits per heavy atom. The fourth-order valence-corrected chi connectivity index (χ4v) is 4.23. The van der Waals surface area contributed by atoms with E-state index in [1.54, 1.807) is 19.2 Å². The molecule has 1 atom stereocenters. The molecule has 0 amide bonds. The third-order valence-electron chi connectivity index (χ3n) is 5.15. The molecular formula is C22H26ClN3O3S. The Bertz CT molecular complexity index is 941. The summed E-state index contributed by atoms with van der Waals surface area (Å²) in [7, 11) is 3.53. The summed E-state index contributed by atoms with van der Waals surface area (Å²) >= 11 is 7.22. The van der Waals surface area contributed by atoms with E-state index in [0.717, 1.165) is 16.8 Å². The monoisotopic (exact) mass is 447 g/mol. The molecule has 1 aliphatic heterocycles. The van der Waals surface area contributed by atoms with Gasteiger partial charge < -0.3 is 14.5 Å². The maximum atomic E-state index is 12.4. The summed E-state index contributed by atoms with van der Waals surface area (Å²) in [6, 6.07) is 11.3. The Hall–Kier alpha value is -2.22. The van der Waals surface area contributed by atoms with Gasteiger partial charge in [0.15, 0.2) is 5.78 Å². The molecule has 6 nitrogen and oxygen atoms in total. The van der Waals surface area contributed by atoms with Gasteiger partial charge in [-0.15, -0.1) is 11.3 Å². The molecule has 0 saturated carbocycles. The van der Waals surface area contributed by atoms with Crippen molar-refractivity contribution in [3.05, 3.63) is 56.7 Å². The van der Waals surface area contributed by atoms with E-state index < -0.39 is 5.60 Å². The van der Waals surface area contributed by atoms with Gasteiger partial charge in [0.2, 0.25) is 0 Å². The summed E-state index contributed by atoms with van der Waals surface area (Å²) < 4.78 is 5.69. The topological polar surface area (TPSA) is 75.0 Å². The number of rotatable bonds is 9. The van der Waals surface area contributed by atoms with E-state index in [0.29, 0.717) is 47.5 Å². The van der Waals surface area contributed by atoms with Crippen LogP contribution in [0.4, 0.5) is 0 Å². The molecule has 1 N–H and O–H groups in total. The number of ether oxygens (including phenoxy) is 1. The number of oxime groups is 1. The minimum atomic E-state index is -0.502. The molecule has 1 aliphatic rings. The van der Waals surface area contributed by atoms with Gasteiger partial charge in [-0.3, -0.25) is 10.2 Å². The molecule has 3 rings (SSSR count). The van der Waals surface area contributed by atoms with Crippen LogP contribution in [0.2, 0.25) is 4.34 Å². The molecule has 1 aromatic carbocycles. The number of hydrogen-bond donors (Lipinski definition) is 1. The summed E-state index contributed by atoms with van der Waals surface area (Å²) in [6.07, 6.45) is 1.61. The molecule has 0 aliphatic carbocycles. The third kappa shape index (κ3) is 5.47. The highest BCUT2D eigenvalue weighted by molar-refractivity contribution is 7.18. The molecule has 8 heteroatoms. The lowest BCUT2D eigenvalue weighted by Crippen LogP contribution is -2.30. The number of nitrogens with zero attached hydrogens (tertiary/aromatic N) is 2. The van der Waals surface area contributed by atoms with Gasteiger partial charge in [-0.25, -0.2) is 0 Å². The standard InChI is InChI=1S/C22H26ClN3O3S/c1-22(11-10-18(27)19-8-9-20(23)30-19)14-17(25-29-22)15-4-6-16(7-5-15)21(24)26(2)12-13-28-3/h4-9,24H,10-14H2,1-3H3. The Kier molecular flexibility index (Phi) is 7.28. The van der Waals surface area contributed by atoms with E-state index in [9.17, 15) is 4.79 Å². The quantitative estimate of drug-likeness (QED) is 0.338. The molecule has 2 aromatic rings. The van der Waals surface area contributed by atoms with Gasteiger partial charge in [0, 0.05) is 39.1 Å². The number of benzene rings is 1. The van der Waals surface area contributed by atoms with Crippen LogP contribution in [-0.2, 0) is 9.57 Å². The minimum Gasteiger partial charge on any atom is -0.389 e. The number of carbonyl (C=O) groups excluding carboxylic acids is 1. The number of hydrogen-bond acceptors (Lipinski definition) is 6. The second kappa shape index (κ2) is 9.73. The second-order valence-corrected chi connectivity index (χ2v) is 9.34. The molecule has 160 valence electrons.